The van der Waals surface area contributed by atoms with Gasteiger partial charge in [-0.2, -0.15) is 5.26 Å². The molecular weight excluding hydrogens is 300 g/mol. The molecule has 2 aromatic rings. The second-order valence-electron chi connectivity index (χ2n) is 4.79. The zero-order chi connectivity index (χ0) is 13.2. The molecule has 1 saturated heterocycles. The summed E-state index contributed by atoms with van der Waals surface area (Å²) in [6, 6.07) is 18.5. The van der Waals surface area contributed by atoms with Crippen molar-refractivity contribution in [1.82, 2.24) is 0 Å². The van der Waals surface area contributed by atoms with E-state index in [1.165, 1.54) is 11.3 Å². The molecule has 1 aliphatic heterocycles. The highest BCUT2D eigenvalue weighted by molar-refractivity contribution is 9.10. The van der Waals surface area contributed by atoms with E-state index in [0.29, 0.717) is 11.5 Å². The molecule has 3 rings (SSSR count). The molecule has 1 aliphatic rings. The van der Waals surface area contributed by atoms with Crippen LogP contribution in [0.5, 0.6) is 0 Å². The van der Waals surface area contributed by atoms with Gasteiger partial charge in [0.15, 0.2) is 0 Å². The number of halogens is 1. The fraction of sp³-hybridized carbons (Fsp3) is 0.188. The molecule has 2 aromatic carbocycles. The standard InChI is InChI=1S/C16H13BrN2/c17-15-8-12(9-18)6-7-16(15)19-10-14(11-19)13-4-2-1-3-5-13/h1-8,14H,10-11H2. The van der Waals surface area contributed by atoms with Gasteiger partial charge in [-0.05, 0) is 39.7 Å². The van der Waals surface area contributed by atoms with Gasteiger partial charge < -0.3 is 4.90 Å². The Balaban J connectivity index is 1.73. The minimum absolute atomic E-state index is 0.615. The SMILES string of the molecule is N#Cc1ccc(N2CC(c3ccccc3)C2)c(Br)c1. The summed E-state index contributed by atoms with van der Waals surface area (Å²) >= 11 is 3.55. The third-order valence-corrected chi connectivity index (χ3v) is 4.21. The number of hydrogen-bond acceptors (Lipinski definition) is 2. The van der Waals surface area contributed by atoms with E-state index in [1.807, 2.05) is 18.2 Å². The number of anilines is 1. The quantitative estimate of drug-likeness (QED) is 0.840. The summed E-state index contributed by atoms with van der Waals surface area (Å²) in [6.07, 6.45) is 0. The molecule has 0 bridgehead atoms. The number of benzene rings is 2. The predicted octanol–water partition coefficient (Wildman–Crippen LogP) is 3.92. The first-order valence-corrected chi connectivity index (χ1v) is 7.07. The van der Waals surface area contributed by atoms with Crippen molar-refractivity contribution in [3.05, 3.63) is 64.1 Å². The average molecular weight is 313 g/mol. The number of hydrogen-bond donors (Lipinski definition) is 0. The first-order chi connectivity index (χ1) is 9.28. The largest absolute Gasteiger partial charge is 0.369 e. The topological polar surface area (TPSA) is 27.0 Å². The van der Waals surface area contributed by atoms with Gasteiger partial charge in [-0.25, -0.2) is 0 Å². The second kappa shape index (κ2) is 5.07. The number of nitrogens with zero attached hydrogens (tertiary/aromatic N) is 2. The Morgan fingerprint density at radius 3 is 2.47 bits per heavy atom. The summed E-state index contributed by atoms with van der Waals surface area (Å²) in [6.45, 7) is 2.07. The van der Waals surface area contributed by atoms with E-state index in [9.17, 15) is 0 Å². The third kappa shape index (κ3) is 2.36. The van der Waals surface area contributed by atoms with Gasteiger partial charge in [-0.15, -0.1) is 0 Å². The van der Waals surface area contributed by atoms with E-state index in [1.54, 1.807) is 0 Å². The van der Waals surface area contributed by atoms with Crippen molar-refractivity contribution in [3.8, 4) is 6.07 Å². The van der Waals surface area contributed by atoms with Crippen LogP contribution in [0.25, 0.3) is 0 Å². The Bertz CT molecular complexity index is 625. The first-order valence-electron chi connectivity index (χ1n) is 6.27. The lowest BCUT2D eigenvalue weighted by Gasteiger charge is -2.42. The van der Waals surface area contributed by atoms with E-state index >= 15 is 0 Å². The molecule has 0 saturated carbocycles. The smallest absolute Gasteiger partial charge is 0.0992 e. The molecule has 0 aliphatic carbocycles. The lowest BCUT2D eigenvalue weighted by molar-refractivity contribution is 0.524. The van der Waals surface area contributed by atoms with Crippen LogP contribution in [-0.2, 0) is 0 Å². The Hall–Kier alpha value is -1.79. The zero-order valence-corrected chi connectivity index (χ0v) is 12.0. The van der Waals surface area contributed by atoms with Crippen molar-refractivity contribution in [2.45, 2.75) is 5.92 Å². The Morgan fingerprint density at radius 1 is 1.11 bits per heavy atom. The van der Waals surface area contributed by atoms with E-state index < -0.39 is 0 Å². The predicted molar refractivity (Wildman–Crippen MR) is 80.3 cm³/mol. The van der Waals surface area contributed by atoms with Crippen LogP contribution in [-0.4, -0.2) is 13.1 Å². The van der Waals surface area contributed by atoms with Crippen LogP contribution < -0.4 is 4.90 Å². The highest BCUT2D eigenvalue weighted by Gasteiger charge is 2.29. The number of nitriles is 1. The fourth-order valence-electron chi connectivity index (χ4n) is 2.44. The molecule has 19 heavy (non-hydrogen) atoms. The average Bonchev–Trinajstić information content (AvgIpc) is 2.40. The molecule has 0 N–H and O–H groups in total. The molecule has 3 heteroatoms. The van der Waals surface area contributed by atoms with Crippen LogP contribution in [0, 0.1) is 11.3 Å². The summed E-state index contributed by atoms with van der Waals surface area (Å²) in [5.41, 5.74) is 3.27. The summed E-state index contributed by atoms with van der Waals surface area (Å²) < 4.78 is 0.998. The zero-order valence-electron chi connectivity index (χ0n) is 10.4. The molecule has 1 heterocycles. The molecule has 1 fully saturated rings. The van der Waals surface area contributed by atoms with Gasteiger partial charge in [0.2, 0.25) is 0 Å². The molecule has 0 spiro atoms. The van der Waals surface area contributed by atoms with Crippen LogP contribution in [0.3, 0.4) is 0 Å². The van der Waals surface area contributed by atoms with Gasteiger partial charge in [-0.1, -0.05) is 30.3 Å². The summed E-state index contributed by atoms with van der Waals surface area (Å²) in [7, 11) is 0. The van der Waals surface area contributed by atoms with E-state index in [2.05, 4.69) is 57.2 Å². The molecule has 0 amide bonds. The van der Waals surface area contributed by atoms with Gasteiger partial charge >= 0.3 is 0 Å². The molecular formula is C16H13BrN2. The van der Waals surface area contributed by atoms with Gasteiger partial charge in [0.1, 0.15) is 0 Å². The normalized spacial score (nSPS) is 14.8. The van der Waals surface area contributed by atoms with Crippen molar-refractivity contribution >= 4 is 21.6 Å². The maximum Gasteiger partial charge on any atom is 0.0992 e. The van der Waals surface area contributed by atoms with Crippen molar-refractivity contribution in [3.63, 3.8) is 0 Å². The summed E-state index contributed by atoms with van der Waals surface area (Å²) in [4.78, 5) is 2.34. The number of rotatable bonds is 2. The molecule has 94 valence electrons. The maximum atomic E-state index is 8.87. The van der Waals surface area contributed by atoms with E-state index in [0.717, 1.165) is 17.6 Å². The first kappa shape index (κ1) is 12.3. The second-order valence-corrected chi connectivity index (χ2v) is 5.64. The fourth-order valence-corrected chi connectivity index (χ4v) is 3.07. The minimum Gasteiger partial charge on any atom is -0.369 e. The van der Waals surface area contributed by atoms with Gasteiger partial charge in [-0.3, -0.25) is 0 Å². The molecule has 0 unspecified atom stereocenters. The van der Waals surface area contributed by atoms with Gasteiger partial charge in [0.05, 0.1) is 17.3 Å². The van der Waals surface area contributed by atoms with Crippen molar-refractivity contribution < 1.29 is 0 Å². The van der Waals surface area contributed by atoms with Gasteiger partial charge in [0, 0.05) is 23.5 Å². The summed E-state index contributed by atoms with van der Waals surface area (Å²) in [5, 5.41) is 8.87. The maximum absolute atomic E-state index is 8.87. The molecule has 0 aromatic heterocycles. The van der Waals surface area contributed by atoms with Crippen LogP contribution in [0.4, 0.5) is 5.69 Å². The molecule has 0 radical (unpaired) electrons. The van der Waals surface area contributed by atoms with E-state index in [-0.39, 0.29) is 0 Å². The monoisotopic (exact) mass is 312 g/mol. The highest BCUT2D eigenvalue weighted by Crippen LogP contribution is 2.35. The lowest BCUT2D eigenvalue weighted by Crippen LogP contribution is -2.45. The van der Waals surface area contributed by atoms with Crippen LogP contribution in [0.2, 0.25) is 0 Å². The highest BCUT2D eigenvalue weighted by atomic mass is 79.9. The van der Waals surface area contributed by atoms with E-state index in [4.69, 9.17) is 5.26 Å². The Labute approximate surface area is 121 Å². The Morgan fingerprint density at radius 2 is 1.84 bits per heavy atom. The lowest BCUT2D eigenvalue weighted by atomic mass is 9.91. The molecule has 0 atom stereocenters. The van der Waals surface area contributed by atoms with Crippen molar-refractivity contribution in [1.29, 1.82) is 5.26 Å². The molecule has 2 nitrogen and oxygen atoms in total. The van der Waals surface area contributed by atoms with Crippen LogP contribution >= 0.6 is 15.9 Å². The Kier molecular flexibility index (Phi) is 3.27. The minimum atomic E-state index is 0.615. The third-order valence-electron chi connectivity index (χ3n) is 3.57. The van der Waals surface area contributed by atoms with Gasteiger partial charge in [0.25, 0.3) is 0 Å². The van der Waals surface area contributed by atoms with Crippen LogP contribution in [0.15, 0.2) is 53.0 Å². The van der Waals surface area contributed by atoms with Crippen LogP contribution in [0.1, 0.15) is 17.0 Å². The van der Waals surface area contributed by atoms with Crippen molar-refractivity contribution in [2.24, 2.45) is 0 Å². The van der Waals surface area contributed by atoms with Crippen molar-refractivity contribution in [2.75, 3.05) is 18.0 Å². The summed E-state index contributed by atoms with van der Waals surface area (Å²) in [5.74, 6) is 0.615.